The summed E-state index contributed by atoms with van der Waals surface area (Å²) in [6.45, 7) is 4.90. The maximum atomic E-state index is 13.5. The van der Waals surface area contributed by atoms with E-state index in [-0.39, 0.29) is 17.4 Å². The number of hydrogen-bond donors (Lipinski definition) is 1. The van der Waals surface area contributed by atoms with Crippen molar-refractivity contribution in [2.45, 2.75) is 76.7 Å². The van der Waals surface area contributed by atoms with Crippen LogP contribution in [0.2, 0.25) is 0 Å². The zero-order valence-electron chi connectivity index (χ0n) is 22.6. The highest BCUT2D eigenvalue weighted by Gasteiger charge is 2.44. The van der Waals surface area contributed by atoms with Crippen molar-refractivity contribution in [2.24, 2.45) is 11.8 Å². The van der Waals surface area contributed by atoms with E-state index in [0.29, 0.717) is 18.2 Å². The summed E-state index contributed by atoms with van der Waals surface area (Å²) in [4.78, 5) is 29.8. The Morgan fingerprint density at radius 3 is 2.45 bits per heavy atom. The number of nitrogens with one attached hydrogen (secondary N) is 1. The number of carbonyl (C=O) groups is 2. The monoisotopic (exact) mass is 513 g/mol. The van der Waals surface area contributed by atoms with Gasteiger partial charge in [-0.05, 0) is 87.1 Å². The number of para-hydroxylation sites is 1. The Kier molecular flexibility index (Phi) is 6.67. The van der Waals surface area contributed by atoms with Crippen LogP contribution < -0.4 is 19.9 Å². The fraction of sp³-hybridized carbons (Fsp3) is 0.500. The van der Waals surface area contributed by atoms with Crippen molar-refractivity contribution in [3.8, 4) is 5.75 Å². The van der Waals surface area contributed by atoms with Gasteiger partial charge in [0.25, 0.3) is 0 Å². The molecule has 0 saturated heterocycles. The van der Waals surface area contributed by atoms with E-state index in [1.54, 1.807) is 24.0 Å². The number of hydrogen-bond acceptors (Lipinski definition) is 4. The maximum Gasteiger partial charge on any atom is 0.419 e. The number of rotatable bonds is 5. The molecule has 2 aliphatic heterocycles. The highest BCUT2D eigenvalue weighted by molar-refractivity contribution is 6.02. The van der Waals surface area contributed by atoms with Gasteiger partial charge >= 0.3 is 6.09 Å². The highest BCUT2D eigenvalue weighted by atomic mass is 16.6. The lowest BCUT2D eigenvalue weighted by molar-refractivity contribution is -0.117. The molecule has 0 aromatic heterocycles. The van der Waals surface area contributed by atoms with Crippen LogP contribution in [-0.2, 0) is 10.2 Å². The van der Waals surface area contributed by atoms with Crippen molar-refractivity contribution in [3.05, 3.63) is 65.9 Å². The normalized spacial score (nSPS) is 25.4. The van der Waals surface area contributed by atoms with Gasteiger partial charge in [-0.2, -0.15) is 0 Å². The van der Waals surface area contributed by atoms with Gasteiger partial charge in [0.2, 0.25) is 5.91 Å². The minimum absolute atomic E-state index is 0.0138. The van der Waals surface area contributed by atoms with Crippen molar-refractivity contribution in [1.82, 2.24) is 5.32 Å². The Balaban J connectivity index is 1.38. The van der Waals surface area contributed by atoms with Crippen molar-refractivity contribution >= 4 is 23.4 Å². The average molecular weight is 514 g/mol. The molecule has 200 valence electrons. The number of fused-ring (bicyclic) bond motifs is 1. The van der Waals surface area contributed by atoms with E-state index in [0.717, 1.165) is 30.3 Å². The number of ether oxygens (including phenoxy) is 1. The summed E-state index contributed by atoms with van der Waals surface area (Å²) in [5.41, 5.74) is 4.19. The van der Waals surface area contributed by atoms with Crippen molar-refractivity contribution in [1.29, 1.82) is 0 Å². The standard InChI is InChI=1S/C32H39N3O3/c1-22-20-34(31(37)38-28-10-4-3-5-11-28)30-19-26(14-15-29(30)35(22)23(2)36)32(25-8-6-7-9-25)17-16-27(33-21-32)18-24-12-13-24/h3-5,10-11,14-16,19,22,24-25,33H,6-9,12-13,17-18,20-21H2,1-2H3/t22-,32?/m0/s1. The van der Waals surface area contributed by atoms with Crippen LogP contribution in [0.15, 0.2) is 60.3 Å². The largest absolute Gasteiger partial charge is 0.419 e. The molecule has 2 aliphatic carbocycles. The van der Waals surface area contributed by atoms with E-state index in [9.17, 15) is 9.59 Å². The highest BCUT2D eigenvalue weighted by Crippen LogP contribution is 2.49. The average Bonchev–Trinajstić information content (AvgIpc) is 3.56. The second kappa shape index (κ2) is 10.1. The predicted molar refractivity (Wildman–Crippen MR) is 151 cm³/mol. The number of anilines is 2. The molecule has 0 spiro atoms. The van der Waals surface area contributed by atoms with E-state index in [2.05, 4.69) is 29.6 Å². The van der Waals surface area contributed by atoms with E-state index in [1.807, 2.05) is 30.0 Å². The summed E-state index contributed by atoms with van der Waals surface area (Å²) in [7, 11) is 0. The number of nitrogens with zero attached hydrogens (tertiary/aromatic N) is 2. The first-order chi connectivity index (χ1) is 18.4. The lowest BCUT2D eigenvalue weighted by Gasteiger charge is -2.45. The Morgan fingerprint density at radius 2 is 1.79 bits per heavy atom. The lowest BCUT2D eigenvalue weighted by atomic mass is 9.65. The zero-order chi connectivity index (χ0) is 26.3. The molecule has 6 heteroatoms. The van der Waals surface area contributed by atoms with Crippen molar-refractivity contribution < 1.29 is 14.3 Å². The molecule has 2 atom stereocenters. The van der Waals surface area contributed by atoms with Crippen molar-refractivity contribution in [3.63, 3.8) is 0 Å². The van der Waals surface area contributed by atoms with Crippen LogP contribution in [0.5, 0.6) is 5.75 Å². The van der Waals surface area contributed by atoms with Crippen LogP contribution in [0.1, 0.15) is 70.8 Å². The van der Waals surface area contributed by atoms with E-state index in [1.165, 1.54) is 56.2 Å². The molecule has 38 heavy (non-hydrogen) atoms. The molecule has 2 saturated carbocycles. The molecule has 6 rings (SSSR count). The van der Waals surface area contributed by atoms with Gasteiger partial charge in [0.05, 0.1) is 17.4 Å². The van der Waals surface area contributed by atoms with Gasteiger partial charge in [0.15, 0.2) is 0 Å². The summed E-state index contributed by atoms with van der Waals surface area (Å²) in [5.74, 6) is 1.97. The molecule has 2 aromatic carbocycles. The first-order valence-corrected chi connectivity index (χ1v) is 14.4. The molecule has 2 heterocycles. The Labute approximate surface area is 226 Å². The molecule has 0 bridgehead atoms. The van der Waals surface area contributed by atoms with Crippen LogP contribution in [-0.4, -0.2) is 31.1 Å². The van der Waals surface area contributed by atoms with Crippen LogP contribution in [0.25, 0.3) is 0 Å². The molecule has 4 aliphatic rings. The Bertz CT molecular complexity index is 1230. The van der Waals surface area contributed by atoms with Crippen LogP contribution in [0.4, 0.5) is 16.2 Å². The Hall–Kier alpha value is -3.28. The van der Waals surface area contributed by atoms with Gasteiger partial charge in [-0.15, -0.1) is 0 Å². The molecule has 0 radical (unpaired) electrons. The molecule has 6 nitrogen and oxygen atoms in total. The fourth-order valence-electron chi connectivity index (χ4n) is 6.99. The van der Waals surface area contributed by atoms with E-state index < -0.39 is 6.09 Å². The van der Waals surface area contributed by atoms with Gasteiger partial charge < -0.3 is 15.0 Å². The second-order valence-electron chi connectivity index (χ2n) is 11.8. The molecule has 1 unspecified atom stereocenters. The molecule has 2 fully saturated rings. The third-order valence-electron chi connectivity index (χ3n) is 9.18. The first kappa shape index (κ1) is 25.0. The number of benzene rings is 2. The summed E-state index contributed by atoms with van der Waals surface area (Å²) in [6, 6.07) is 15.5. The van der Waals surface area contributed by atoms with Crippen LogP contribution >= 0.6 is 0 Å². The first-order valence-electron chi connectivity index (χ1n) is 14.4. The summed E-state index contributed by atoms with van der Waals surface area (Å²) in [6.07, 6.45) is 12.0. The smallest absolute Gasteiger partial charge is 0.410 e. The molecular weight excluding hydrogens is 474 g/mol. The van der Waals surface area contributed by atoms with Gasteiger partial charge in [-0.25, -0.2) is 4.79 Å². The molecule has 2 aromatic rings. The molecule has 1 N–H and O–H groups in total. The van der Waals surface area contributed by atoms with Crippen LogP contribution in [0, 0.1) is 11.8 Å². The predicted octanol–water partition coefficient (Wildman–Crippen LogP) is 6.55. The minimum Gasteiger partial charge on any atom is -0.410 e. The Morgan fingerprint density at radius 1 is 1.03 bits per heavy atom. The molecule has 2 amide bonds. The van der Waals surface area contributed by atoms with Crippen molar-refractivity contribution in [2.75, 3.05) is 22.9 Å². The van der Waals surface area contributed by atoms with E-state index >= 15 is 0 Å². The van der Waals surface area contributed by atoms with Gasteiger partial charge in [-0.3, -0.25) is 9.69 Å². The number of carbonyl (C=O) groups excluding carboxylic acids is 2. The van der Waals surface area contributed by atoms with Gasteiger partial charge in [0, 0.05) is 31.1 Å². The maximum absolute atomic E-state index is 13.5. The topological polar surface area (TPSA) is 61.9 Å². The number of amides is 2. The second-order valence-corrected chi connectivity index (χ2v) is 11.8. The van der Waals surface area contributed by atoms with Gasteiger partial charge in [0.1, 0.15) is 5.75 Å². The quantitative estimate of drug-likeness (QED) is 0.492. The summed E-state index contributed by atoms with van der Waals surface area (Å²) >= 11 is 0. The van der Waals surface area contributed by atoms with Crippen LogP contribution in [0.3, 0.4) is 0 Å². The minimum atomic E-state index is -0.409. The van der Waals surface area contributed by atoms with Gasteiger partial charge in [-0.1, -0.05) is 43.2 Å². The summed E-state index contributed by atoms with van der Waals surface area (Å²) < 4.78 is 5.78. The third kappa shape index (κ3) is 4.70. The lowest BCUT2D eigenvalue weighted by Crippen LogP contribution is -2.52. The number of allylic oxidation sites excluding steroid dienone is 2. The summed E-state index contributed by atoms with van der Waals surface area (Å²) in [5, 5.41) is 3.83. The molecular formula is C32H39N3O3. The fourth-order valence-corrected chi connectivity index (χ4v) is 6.99. The zero-order valence-corrected chi connectivity index (χ0v) is 22.6. The third-order valence-corrected chi connectivity index (χ3v) is 9.18. The SMILES string of the molecule is CC(=O)N1c2ccc(C3(C4CCCC4)CC=C(CC4CC4)NC3)cc2N(C(=O)Oc2ccccc2)C[C@@H]1C. The van der Waals surface area contributed by atoms with E-state index in [4.69, 9.17) is 4.74 Å².